The van der Waals surface area contributed by atoms with Gasteiger partial charge in [0.1, 0.15) is 23.9 Å². The Morgan fingerprint density at radius 1 is 1.00 bits per heavy atom. The van der Waals surface area contributed by atoms with Crippen molar-refractivity contribution < 1.29 is 18.7 Å². The highest BCUT2D eigenvalue weighted by Gasteiger charge is 2.26. The molecule has 1 fully saturated rings. The molecular formula is C35H40FN3O4. The molecule has 0 bridgehead atoms. The molecule has 0 aliphatic heterocycles. The SMILES string of the molecule is Cc1cccc(C)c1CC(=O)c1cc(F)c(-n2nc(COCc3ccccc3)n(C)c2=O)cc1O[C@H](C)C1CCCCC1. The number of halogens is 1. The number of aryl methyl sites for hydroxylation is 2. The molecule has 0 radical (unpaired) electrons. The van der Waals surface area contributed by atoms with E-state index in [1.54, 1.807) is 7.05 Å². The molecule has 8 heteroatoms. The highest BCUT2D eigenvalue weighted by molar-refractivity contribution is 6.00. The molecule has 7 nitrogen and oxygen atoms in total. The van der Waals surface area contributed by atoms with Gasteiger partial charge in [-0.2, -0.15) is 4.68 Å². The van der Waals surface area contributed by atoms with E-state index >= 15 is 4.39 Å². The number of rotatable bonds is 11. The Balaban J connectivity index is 1.47. The minimum absolute atomic E-state index is 0.0654. The van der Waals surface area contributed by atoms with Gasteiger partial charge in [0.25, 0.3) is 0 Å². The molecule has 0 unspecified atom stereocenters. The molecule has 43 heavy (non-hydrogen) atoms. The smallest absolute Gasteiger partial charge is 0.350 e. The van der Waals surface area contributed by atoms with Gasteiger partial charge in [-0.3, -0.25) is 9.36 Å². The number of ketones is 1. The summed E-state index contributed by atoms with van der Waals surface area (Å²) >= 11 is 0. The molecule has 5 rings (SSSR count). The number of ether oxygens (including phenoxy) is 2. The highest BCUT2D eigenvalue weighted by atomic mass is 19.1. The van der Waals surface area contributed by atoms with Gasteiger partial charge in [-0.1, -0.05) is 67.8 Å². The molecule has 1 aliphatic carbocycles. The van der Waals surface area contributed by atoms with Crippen LogP contribution < -0.4 is 10.4 Å². The van der Waals surface area contributed by atoms with Gasteiger partial charge in [0.2, 0.25) is 0 Å². The first-order valence-electron chi connectivity index (χ1n) is 15.1. The lowest BCUT2D eigenvalue weighted by Gasteiger charge is -2.29. The third kappa shape index (κ3) is 6.96. The van der Waals surface area contributed by atoms with Crippen molar-refractivity contribution in [3.05, 3.63) is 111 Å². The average Bonchev–Trinajstić information content (AvgIpc) is 3.29. The zero-order valence-corrected chi connectivity index (χ0v) is 25.4. The summed E-state index contributed by atoms with van der Waals surface area (Å²) in [5.74, 6) is 0.00462. The molecule has 1 aromatic heterocycles. The molecule has 1 aliphatic rings. The number of carbonyl (C=O) groups is 1. The molecule has 4 aromatic rings. The van der Waals surface area contributed by atoms with Crippen LogP contribution in [-0.4, -0.2) is 26.2 Å². The van der Waals surface area contributed by atoms with E-state index in [-0.39, 0.29) is 41.9 Å². The first kappa shape index (κ1) is 30.4. The van der Waals surface area contributed by atoms with Crippen molar-refractivity contribution >= 4 is 5.78 Å². The molecule has 1 heterocycles. The second-order valence-electron chi connectivity index (χ2n) is 11.6. The van der Waals surface area contributed by atoms with E-state index in [9.17, 15) is 9.59 Å². The Hall–Kier alpha value is -4.04. The maximum Gasteiger partial charge on any atom is 0.350 e. The van der Waals surface area contributed by atoms with Gasteiger partial charge < -0.3 is 9.47 Å². The van der Waals surface area contributed by atoms with Crippen molar-refractivity contribution in [2.45, 2.75) is 78.6 Å². The summed E-state index contributed by atoms with van der Waals surface area (Å²) in [6.07, 6.45) is 5.54. The molecule has 1 saturated carbocycles. The molecule has 0 amide bonds. The summed E-state index contributed by atoms with van der Waals surface area (Å²) in [6, 6.07) is 18.2. The summed E-state index contributed by atoms with van der Waals surface area (Å²) in [7, 11) is 1.58. The summed E-state index contributed by atoms with van der Waals surface area (Å²) in [5, 5.41) is 4.41. The van der Waals surface area contributed by atoms with Gasteiger partial charge in [-0.15, -0.1) is 5.10 Å². The normalized spacial score (nSPS) is 14.5. The van der Waals surface area contributed by atoms with Crippen LogP contribution in [0.25, 0.3) is 5.69 Å². The van der Waals surface area contributed by atoms with Crippen molar-refractivity contribution in [2.75, 3.05) is 0 Å². The summed E-state index contributed by atoms with van der Waals surface area (Å²) in [4.78, 5) is 26.9. The van der Waals surface area contributed by atoms with Crippen LogP contribution in [0.4, 0.5) is 4.39 Å². The van der Waals surface area contributed by atoms with Gasteiger partial charge in [0.15, 0.2) is 11.6 Å². The Bertz CT molecular complexity index is 1620. The zero-order valence-electron chi connectivity index (χ0n) is 25.4. The molecular weight excluding hydrogens is 545 g/mol. The highest BCUT2D eigenvalue weighted by Crippen LogP contribution is 2.33. The summed E-state index contributed by atoms with van der Waals surface area (Å²) in [6.45, 7) is 6.37. The number of benzene rings is 3. The summed E-state index contributed by atoms with van der Waals surface area (Å²) < 4.78 is 30.4. The van der Waals surface area contributed by atoms with E-state index in [2.05, 4.69) is 5.10 Å². The lowest BCUT2D eigenvalue weighted by Crippen LogP contribution is -2.27. The first-order valence-corrected chi connectivity index (χ1v) is 15.1. The maximum atomic E-state index is 15.8. The minimum Gasteiger partial charge on any atom is -0.490 e. The van der Waals surface area contributed by atoms with Crippen molar-refractivity contribution in [3.63, 3.8) is 0 Å². The van der Waals surface area contributed by atoms with Gasteiger partial charge in [0, 0.05) is 19.5 Å². The van der Waals surface area contributed by atoms with E-state index in [1.165, 1.54) is 23.1 Å². The predicted octanol–water partition coefficient (Wildman–Crippen LogP) is 6.82. The van der Waals surface area contributed by atoms with Crippen LogP contribution in [0.3, 0.4) is 0 Å². The van der Waals surface area contributed by atoms with Crippen LogP contribution in [-0.2, 0) is 31.4 Å². The van der Waals surface area contributed by atoms with Crippen LogP contribution in [0.5, 0.6) is 5.75 Å². The van der Waals surface area contributed by atoms with Crippen molar-refractivity contribution in [1.29, 1.82) is 0 Å². The van der Waals surface area contributed by atoms with Crippen molar-refractivity contribution in [1.82, 2.24) is 14.3 Å². The van der Waals surface area contributed by atoms with Crippen LogP contribution in [0.1, 0.15) is 77.5 Å². The summed E-state index contributed by atoms with van der Waals surface area (Å²) in [5.41, 5.74) is 3.51. The quantitative estimate of drug-likeness (QED) is 0.181. The number of nitrogens with zero attached hydrogens (tertiary/aromatic N) is 3. The lowest BCUT2D eigenvalue weighted by atomic mass is 9.86. The third-order valence-corrected chi connectivity index (χ3v) is 8.60. The third-order valence-electron chi connectivity index (χ3n) is 8.60. The number of aromatic nitrogens is 3. The lowest BCUT2D eigenvalue weighted by molar-refractivity contribution is 0.0969. The molecule has 0 saturated heterocycles. The zero-order chi connectivity index (χ0) is 30.5. The fraction of sp³-hybridized carbons (Fsp3) is 0.400. The Morgan fingerprint density at radius 3 is 2.40 bits per heavy atom. The second kappa shape index (κ2) is 13.5. The molecule has 0 N–H and O–H groups in total. The van der Waals surface area contributed by atoms with Gasteiger partial charge in [-0.05, 0) is 67.9 Å². The van der Waals surface area contributed by atoms with E-state index in [0.29, 0.717) is 18.3 Å². The van der Waals surface area contributed by atoms with Crippen LogP contribution >= 0.6 is 0 Å². The maximum absolute atomic E-state index is 15.8. The van der Waals surface area contributed by atoms with E-state index in [1.807, 2.05) is 69.3 Å². The van der Waals surface area contributed by atoms with Gasteiger partial charge in [0.05, 0.1) is 18.3 Å². The van der Waals surface area contributed by atoms with Gasteiger partial charge >= 0.3 is 5.69 Å². The Morgan fingerprint density at radius 2 is 1.70 bits per heavy atom. The minimum atomic E-state index is -0.723. The number of Topliss-reactive ketones (excluding diaryl/α,β-unsaturated/α-hetero) is 1. The van der Waals surface area contributed by atoms with Gasteiger partial charge in [-0.25, -0.2) is 9.18 Å². The van der Waals surface area contributed by atoms with Crippen molar-refractivity contribution in [3.8, 4) is 11.4 Å². The fourth-order valence-corrected chi connectivity index (χ4v) is 5.90. The fourth-order valence-electron chi connectivity index (χ4n) is 5.90. The van der Waals surface area contributed by atoms with Crippen LogP contribution in [0, 0.1) is 25.6 Å². The monoisotopic (exact) mass is 585 g/mol. The second-order valence-corrected chi connectivity index (χ2v) is 11.6. The van der Waals surface area contributed by atoms with Crippen LogP contribution in [0.15, 0.2) is 65.5 Å². The van der Waals surface area contributed by atoms with E-state index in [0.717, 1.165) is 52.6 Å². The standard InChI is InChI=1S/C35H40FN3O4/c1-23-12-11-13-24(2)28(23)19-32(40)29-18-30(36)31(20-33(29)43-25(3)27-16-9-6-10-17-27)39-35(41)38(4)34(37-39)22-42-21-26-14-7-5-8-15-26/h5,7-8,11-15,18,20,25,27H,6,9-10,16-17,19,21-22H2,1-4H3/t25-/m1/s1. The Labute approximate surface area is 252 Å². The molecule has 226 valence electrons. The van der Waals surface area contributed by atoms with E-state index in [4.69, 9.17) is 9.47 Å². The number of hydrogen-bond donors (Lipinski definition) is 0. The predicted molar refractivity (Wildman–Crippen MR) is 164 cm³/mol. The average molecular weight is 586 g/mol. The van der Waals surface area contributed by atoms with Crippen molar-refractivity contribution in [2.24, 2.45) is 13.0 Å². The van der Waals surface area contributed by atoms with E-state index < -0.39 is 11.5 Å². The molecule has 0 spiro atoms. The molecule has 1 atom stereocenters. The number of hydrogen-bond acceptors (Lipinski definition) is 5. The van der Waals surface area contributed by atoms with Crippen LogP contribution in [0.2, 0.25) is 0 Å². The first-order chi connectivity index (χ1) is 20.7. The Kier molecular flexibility index (Phi) is 9.56. The number of carbonyl (C=O) groups excluding carboxylic acids is 1. The topological polar surface area (TPSA) is 75.4 Å². The largest absolute Gasteiger partial charge is 0.490 e. The molecule has 3 aromatic carbocycles.